The van der Waals surface area contributed by atoms with Crippen LogP contribution in [-0.2, 0) is 0 Å². The molecule has 0 spiro atoms. The van der Waals surface area contributed by atoms with Crippen LogP contribution in [0.2, 0.25) is 0 Å². The van der Waals surface area contributed by atoms with Crippen molar-refractivity contribution in [3.8, 4) is 17.7 Å². The molecule has 0 saturated carbocycles. The maximum absolute atomic E-state index is 5.86. The van der Waals surface area contributed by atoms with E-state index in [-0.39, 0.29) is 11.5 Å². The molecule has 102 valence electrons. The summed E-state index contributed by atoms with van der Waals surface area (Å²) in [5.41, 5.74) is -0.0306. The molecule has 0 aromatic carbocycles. The van der Waals surface area contributed by atoms with Gasteiger partial charge in [0, 0.05) is 11.6 Å². The smallest absolute Gasteiger partial charge is 0.229 e. The van der Waals surface area contributed by atoms with E-state index < -0.39 is 0 Å². The van der Waals surface area contributed by atoms with E-state index in [1.54, 1.807) is 6.20 Å². The van der Waals surface area contributed by atoms with Gasteiger partial charge in [0.25, 0.3) is 0 Å². The van der Waals surface area contributed by atoms with Gasteiger partial charge in [-0.25, -0.2) is 4.98 Å². The van der Waals surface area contributed by atoms with Crippen LogP contribution in [0.25, 0.3) is 0 Å². The first-order valence-corrected chi connectivity index (χ1v) is 7.12. The lowest BCUT2D eigenvalue weighted by molar-refractivity contribution is 0.237. The highest BCUT2D eigenvalue weighted by Crippen LogP contribution is 2.23. The number of hydrogen-bond donors (Lipinski definition) is 0. The molecule has 0 aliphatic heterocycles. The SMILES string of the molecule is C=CCCC(C#CC(C)(C)C)Oc1ncccc1Br. The van der Waals surface area contributed by atoms with Crippen LogP contribution in [0.4, 0.5) is 0 Å². The molecule has 1 aromatic rings. The summed E-state index contributed by atoms with van der Waals surface area (Å²) in [5.74, 6) is 6.99. The second kappa shape index (κ2) is 7.35. The Bertz CT molecular complexity index is 480. The van der Waals surface area contributed by atoms with Crippen molar-refractivity contribution in [3.63, 3.8) is 0 Å². The fourth-order valence-corrected chi connectivity index (χ4v) is 1.67. The molecular weight excluding hydrogens is 302 g/mol. The quantitative estimate of drug-likeness (QED) is 0.583. The molecule has 1 heterocycles. The molecule has 1 aromatic heterocycles. The number of hydrogen-bond acceptors (Lipinski definition) is 2. The Labute approximate surface area is 124 Å². The zero-order valence-corrected chi connectivity index (χ0v) is 13.3. The van der Waals surface area contributed by atoms with Gasteiger partial charge in [-0.3, -0.25) is 0 Å². The van der Waals surface area contributed by atoms with Gasteiger partial charge < -0.3 is 4.74 Å². The molecule has 0 aliphatic carbocycles. The van der Waals surface area contributed by atoms with Crippen LogP contribution in [0.15, 0.2) is 35.5 Å². The van der Waals surface area contributed by atoms with Crippen LogP contribution in [0, 0.1) is 17.3 Å². The van der Waals surface area contributed by atoms with Crippen LogP contribution in [0.1, 0.15) is 33.6 Å². The van der Waals surface area contributed by atoms with E-state index in [2.05, 4.69) is 60.1 Å². The van der Waals surface area contributed by atoms with E-state index in [1.807, 2.05) is 18.2 Å². The van der Waals surface area contributed by atoms with Crippen molar-refractivity contribution in [2.45, 2.75) is 39.7 Å². The van der Waals surface area contributed by atoms with Gasteiger partial charge in [-0.15, -0.1) is 6.58 Å². The summed E-state index contributed by atoms with van der Waals surface area (Å²) in [6.45, 7) is 9.99. The molecule has 1 atom stereocenters. The number of aromatic nitrogens is 1. The Morgan fingerprint density at radius 1 is 1.53 bits per heavy atom. The van der Waals surface area contributed by atoms with Crippen molar-refractivity contribution < 1.29 is 4.74 Å². The molecule has 19 heavy (non-hydrogen) atoms. The molecule has 0 N–H and O–H groups in total. The summed E-state index contributed by atoms with van der Waals surface area (Å²) in [4.78, 5) is 4.21. The summed E-state index contributed by atoms with van der Waals surface area (Å²) in [7, 11) is 0. The molecule has 0 saturated heterocycles. The number of halogens is 1. The minimum Gasteiger partial charge on any atom is -0.460 e. The average molecular weight is 322 g/mol. The van der Waals surface area contributed by atoms with Crippen LogP contribution in [-0.4, -0.2) is 11.1 Å². The Morgan fingerprint density at radius 2 is 2.26 bits per heavy atom. The maximum Gasteiger partial charge on any atom is 0.229 e. The number of rotatable bonds is 5. The molecular formula is C16H20BrNO. The Kier molecular flexibility index (Phi) is 6.11. The minimum absolute atomic E-state index is 0.0306. The Balaban J connectivity index is 2.82. The zero-order valence-electron chi connectivity index (χ0n) is 11.7. The van der Waals surface area contributed by atoms with E-state index in [0.717, 1.165) is 17.3 Å². The summed E-state index contributed by atoms with van der Waals surface area (Å²) < 4.78 is 6.71. The second-order valence-corrected chi connectivity index (χ2v) is 6.14. The molecule has 0 bridgehead atoms. The topological polar surface area (TPSA) is 22.1 Å². The highest BCUT2D eigenvalue weighted by molar-refractivity contribution is 9.10. The van der Waals surface area contributed by atoms with Gasteiger partial charge in [0.2, 0.25) is 5.88 Å². The predicted octanol–water partition coefficient (Wildman–Crippen LogP) is 4.61. The predicted molar refractivity (Wildman–Crippen MR) is 83.0 cm³/mol. The molecule has 2 nitrogen and oxygen atoms in total. The molecule has 3 heteroatoms. The lowest BCUT2D eigenvalue weighted by atomic mass is 9.97. The van der Waals surface area contributed by atoms with E-state index in [4.69, 9.17) is 4.74 Å². The van der Waals surface area contributed by atoms with Gasteiger partial charge in [0.15, 0.2) is 6.10 Å². The second-order valence-electron chi connectivity index (χ2n) is 5.28. The lowest BCUT2D eigenvalue weighted by Crippen LogP contribution is -2.16. The standard InChI is InChI=1S/C16H20BrNO/c1-5-6-8-13(10-11-16(2,3)4)19-15-14(17)9-7-12-18-15/h5,7,9,12-13H,1,6,8H2,2-4H3. The number of pyridine rings is 1. The zero-order chi connectivity index (χ0) is 14.3. The van der Waals surface area contributed by atoms with Crippen LogP contribution >= 0.6 is 15.9 Å². The van der Waals surface area contributed by atoms with Crippen molar-refractivity contribution in [1.82, 2.24) is 4.98 Å². The summed E-state index contributed by atoms with van der Waals surface area (Å²) in [6, 6.07) is 3.76. The normalized spacial score (nSPS) is 12.2. The molecule has 0 amide bonds. The number of allylic oxidation sites excluding steroid dienone is 1. The van der Waals surface area contributed by atoms with Crippen molar-refractivity contribution in [2.24, 2.45) is 5.41 Å². The van der Waals surface area contributed by atoms with Crippen LogP contribution < -0.4 is 4.74 Å². The summed E-state index contributed by atoms with van der Waals surface area (Å²) in [5, 5.41) is 0. The van der Waals surface area contributed by atoms with E-state index in [9.17, 15) is 0 Å². The van der Waals surface area contributed by atoms with Crippen LogP contribution in [0.5, 0.6) is 5.88 Å². The highest BCUT2D eigenvalue weighted by Gasteiger charge is 2.11. The Morgan fingerprint density at radius 3 is 2.84 bits per heavy atom. The van der Waals surface area contributed by atoms with E-state index in [0.29, 0.717) is 5.88 Å². The van der Waals surface area contributed by atoms with Crippen molar-refractivity contribution in [1.29, 1.82) is 0 Å². The van der Waals surface area contributed by atoms with Gasteiger partial charge >= 0.3 is 0 Å². The fraction of sp³-hybridized carbons (Fsp3) is 0.438. The number of nitrogens with zero attached hydrogens (tertiary/aromatic N) is 1. The fourth-order valence-electron chi connectivity index (χ4n) is 1.32. The average Bonchev–Trinajstić information content (AvgIpc) is 2.34. The van der Waals surface area contributed by atoms with Crippen LogP contribution in [0.3, 0.4) is 0 Å². The third kappa shape index (κ3) is 6.45. The maximum atomic E-state index is 5.86. The molecule has 0 radical (unpaired) electrons. The largest absolute Gasteiger partial charge is 0.460 e. The third-order valence-corrected chi connectivity index (χ3v) is 2.82. The lowest BCUT2D eigenvalue weighted by Gasteiger charge is -2.14. The number of ether oxygens (including phenoxy) is 1. The Hall–Kier alpha value is -1.27. The van der Waals surface area contributed by atoms with Gasteiger partial charge in [-0.05, 0) is 61.7 Å². The van der Waals surface area contributed by atoms with E-state index in [1.165, 1.54) is 0 Å². The first-order valence-electron chi connectivity index (χ1n) is 6.33. The first kappa shape index (κ1) is 15.8. The molecule has 1 unspecified atom stereocenters. The third-order valence-electron chi connectivity index (χ3n) is 2.22. The highest BCUT2D eigenvalue weighted by atomic mass is 79.9. The molecule has 0 fully saturated rings. The molecule has 0 aliphatic rings. The minimum atomic E-state index is -0.163. The molecule has 1 rings (SSSR count). The summed E-state index contributed by atoms with van der Waals surface area (Å²) in [6.07, 6.45) is 5.11. The van der Waals surface area contributed by atoms with Crippen molar-refractivity contribution in [3.05, 3.63) is 35.5 Å². The van der Waals surface area contributed by atoms with Gasteiger partial charge in [-0.1, -0.05) is 17.9 Å². The van der Waals surface area contributed by atoms with Crippen molar-refractivity contribution in [2.75, 3.05) is 0 Å². The first-order chi connectivity index (χ1) is 8.92. The van der Waals surface area contributed by atoms with Gasteiger partial charge in [0.05, 0.1) is 4.47 Å². The van der Waals surface area contributed by atoms with E-state index >= 15 is 0 Å². The van der Waals surface area contributed by atoms with Gasteiger partial charge in [0.1, 0.15) is 0 Å². The van der Waals surface area contributed by atoms with Gasteiger partial charge in [-0.2, -0.15) is 0 Å². The van der Waals surface area contributed by atoms with Crippen molar-refractivity contribution >= 4 is 15.9 Å². The summed E-state index contributed by atoms with van der Waals surface area (Å²) >= 11 is 3.43. The monoisotopic (exact) mass is 321 g/mol.